The minimum Gasteiger partial charge on any atom is -0.493 e. The number of benzene rings is 1. The van der Waals surface area contributed by atoms with Crippen molar-refractivity contribution < 1.29 is 4.74 Å². The zero-order valence-electron chi connectivity index (χ0n) is 8.96. The molecule has 2 N–H and O–H groups in total. The Morgan fingerprint density at radius 1 is 1.31 bits per heavy atom. The fourth-order valence-corrected chi connectivity index (χ4v) is 1.93. The molecule has 0 heterocycles. The van der Waals surface area contributed by atoms with E-state index in [0.29, 0.717) is 16.7 Å². The summed E-state index contributed by atoms with van der Waals surface area (Å²) in [4.78, 5) is 0. The van der Waals surface area contributed by atoms with Crippen LogP contribution < -0.4 is 10.5 Å². The molecule has 0 radical (unpaired) electrons. The van der Waals surface area contributed by atoms with E-state index in [1.54, 1.807) is 12.1 Å². The highest BCUT2D eigenvalue weighted by atomic mass is 35.5. The summed E-state index contributed by atoms with van der Waals surface area (Å²) in [5, 5.41) is 1.06. The second-order valence-corrected chi connectivity index (χ2v) is 5.03. The highest BCUT2D eigenvalue weighted by Gasteiger charge is 2.27. The zero-order valence-corrected chi connectivity index (χ0v) is 10.5. The van der Waals surface area contributed by atoms with Gasteiger partial charge in [0.25, 0.3) is 0 Å². The molecule has 0 spiro atoms. The van der Waals surface area contributed by atoms with Crippen LogP contribution in [0.3, 0.4) is 0 Å². The zero-order chi connectivity index (χ0) is 11.5. The summed E-state index contributed by atoms with van der Waals surface area (Å²) >= 11 is 11.7. The lowest BCUT2D eigenvalue weighted by Gasteiger charge is -2.11. The number of hydrogen-bond donors (Lipinski definition) is 1. The van der Waals surface area contributed by atoms with Gasteiger partial charge < -0.3 is 10.5 Å². The van der Waals surface area contributed by atoms with Crippen molar-refractivity contribution in [2.24, 2.45) is 11.7 Å². The first-order valence-corrected chi connectivity index (χ1v) is 6.26. The monoisotopic (exact) mass is 259 g/mol. The van der Waals surface area contributed by atoms with Crippen molar-refractivity contribution in [2.75, 3.05) is 6.61 Å². The van der Waals surface area contributed by atoms with Crippen molar-refractivity contribution in [2.45, 2.75) is 25.3 Å². The van der Waals surface area contributed by atoms with Crippen molar-refractivity contribution >= 4 is 23.2 Å². The summed E-state index contributed by atoms with van der Waals surface area (Å²) in [6, 6.07) is 5.56. The second-order valence-electron chi connectivity index (χ2n) is 4.21. The minimum atomic E-state index is 0.280. The molecule has 0 aromatic heterocycles. The standard InChI is InChI=1S/C12H15Cl2NO/c13-10-4-3-9(7-11(10)14)16-6-5-12(15)8-1-2-8/h3-4,7-8,12H,1-2,5-6,15H2. The van der Waals surface area contributed by atoms with Gasteiger partial charge in [0.1, 0.15) is 5.75 Å². The largest absolute Gasteiger partial charge is 0.493 e. The van der Waals surface area contributed by atoms with Crippen LogP contribution in [0.2, 0.25) is 10.0 Å². The smallest absolute Gasteiger partial charge is 0.120 e. The molecule has 1 aliphatic carbocycles. The van der Waals surface area contributed by atoms with Gasteiger partial charge in [-0.1, -0.05) is 23.2 Å². The molecule has 2 rings (SSSR count). The molecule has 1 fully saturated rings. The summed E-state index contributed by atoms with van der Waals surface area (Å²) in [6.07, 6.45) is 3.44. The molecule has 1 aromatic rings. The summed E-state index contributed by atoms with van der Waals surface area (Å²) < 4.78 is 5.57. The van der Waals surface area contributed by atoms with Crippen LogP contribution in [0.4, 0.5) is 0 Å². The van der Waals surface area contributed by atoms with Crippen molar-refractivity contribution in [1.82, 2.24) is 0 Å². The Balaban J connectivity index is 1.78. The Labute approximate surface area is 106 Å². The molecule has 1 atom stereocenters. The lowest BCUT2D eigenvalue weighted by atomic mass is 10.1. The average molecular weight is 260 g/mol. The van der Waals surface area contributed by atoms with Crippen molar-refractivity contribution in [3.05, 3.63) is 28.2 Å². The number of nitrogens with two attached hydrogens (primary N) is 1. The van der Waals surface area contributed by atoms with Gasteiger partial charge in [0.2, 0.25) is 0 Å². The molecular weight excluding hydrogens is 245 g/mol. The topological polar surface area (TPSA) is 35.2 Å². The molecule has 1 saturated carbocycles. The van der Waals surface area contributed by atoms with E-state index in [2.05, 4.69) is 0 Å². The van der Waals surface area contributed by atoms with E-state index < -0.39 is 0 Å². The summed E-state index contributed by atoms with van der Waals surface area (Å²) in [5.74, 6) is 1.47. The fraction of sp³-hybridized carbons (Fsp3) is 0.500. The number of rotatable bonds is 5. The second kappa shape index (κ2) is 5.26. The quantitative estimate of drug-likeness (QED) is 0.879. The van der Waals surface area contributed by atoms with Crippen LogP contribution in [0.15, 0.2) is 18.2 Å². The third-order valence-corrected chi connectivity index (χ3v) is 3.58. The maximum atomic E-state index is 5.97. The molecule has 1 aliphatic rings. The van der Waals surface area contributed by atoms with Crippen LogP contribution >= 0.6 is 23.2 Å². The van der Waals surface area contributed by atoms with Crippen molar-refractivity contribution in [3.63, 3.8) is 0 Å². The van der Waals surface area contributed by atoms with E-state index in [4.69, 9.17) is 33.7 Å². The first-order chi connectivity index (χ1) is 7.66. The normalized spacial score (nSPS) is 17.2. The van der Waals surface area contributed by atoms with Gasteiger partial charge in [0, 0.05) is 12.1 Å². The Kier molecular flexibility index (Phi) is 3.95. The van der Waals surface area contributed by atoms with Crippen LogP contribution in [0.1, 0.15) is 19.3 Å². The fourth-order valence-electron chi connectivity index (χ4n) is 1.64. The molecule has 16 heavy (non-hydrogen) atoms. The summed E-state index contributed by atoms with van der Waals surface area (Å²) in [5.41, 5.74) is 5.97. The van der Waals surface area contributed by atoms with Gasteiger partial charge in [-0.25, -0.2) is 0 Å². The van der Waals surface area contributed by atoms with Crippen LogP contribution in [-0.4, -0.2) is 12.6 Å². The molecule has 2 nitrogen and oxygen atoms in total. The van der Waals surface area contributed by atoms with E-state index in [1.165, 1.54) is 12.8 Å². The van der Waals surface area contributed by atoms with Gasteiger partial charge in [0.15, 0.2) is 0 Å². The van der Waals surface area contributed by atoms with Gasteiger partial charge in [-0.05, 0) is 37.3 Å². The Bertz CT molecular complexity index is 366. The summed E-state index contributed by atoms with van der Waals surface area (Å²) in [6.45, 7) is 0.635. The lowest BCUT2D eigenvalue weighted by Crippen LogP contribution is -2.24. The van der Waals surface area contributed by atoms with Gasteiger partial charge in [-0.3, -0.25) is 0 Å². The molecule has 1 unspecified atom stereocenters. The Morgan fingerprint density at radius 2 is 2.06 bits per heavy atom. The molecule has 88 valence electrons. The first-order valence-electron chi connectivity index (χ1n) is 5.50. The first kappa shape index (κ1) is 12.0. The van der Waals surface area contributed by atoms with Gasteiger partial charge in [-0.2, -0.15) is 0 Å². The van der Waals surface area contributed by atoms with Gasteiger partial charge in [0.05, 0.1) is 16.7 Å². The molecule has 4 heteroatoms. The van der Waals surface area contributed by atoms with Crippen LogP contribution in [0, 0.1) is 5.92 Å². The molecule has 0 amide bonds. The molecule has 0 bridgehead atoms. The highest BCUT2D eigenvalue weighted by Crippen LogP contribution is 2.33. The summed E-state index contributed by atoms with van der Waals surface area (Å²) in [7, 11) is 0. The Morgan fingerprint density at radius 3 is 2.69 bits per heavy atom. The highest BCUT2D eigenvalue weighted by molar-refractivity contribution is 6.42. The molecular formula is C12H15Cl2NO. The van der Waals surface area contributed by atoms with E-state index in [1.807, 2.05) is 6.07 Å². The SMILES string of the molecule is NC(CCOc1ccc(Cl)c(Cl)c1)C1CC1. The average Bonchev–Trinajstić information content (AvgIpc) is 3.07. The maximum absolute atomic E-state index is 5.97. The van der Waals surface area contributed by atoms with E-state index in [9.17, 15) is 0 Å². The van der Waals surface area contributed by atoms with Gasteiger partial charge >= 0.3 is 0 Å². The van der Waals surface area contributed by atoms with Crippen molar-refractivity contribution in [3.8, 4) is 5.75 Å². The van der Waals surface area contributed by atoms with Crippen LogP contribution in [-0.2, 0) is 0 Å². The van der Waals surface area contributed by atoms with E-state index in [0.717, 1.165) is 18.1 Å². The van der Waals surface area contributed by atoms with Crippen LogP contribution in [0.5, 0.6) is 5.75 Å². The third kappa shape index (κ3) is 3.27. The number of halogens is 2. The van der Waals surface area contributed by atoms with E-state index >= 15 is 0 Å². The van der Waals surface area contributed by atoms with Gasteiger partial charge in [-0.15, -0.1) is 0 Å². The molecule has 1 aromatic carbocycles. The third-order valence-electron chi connectivity index (χ3n) is 2.84. The van der Waals surface area contributed by atoms with Crippen molar-refractivity contribution in [1.29, 1.82) is 0 Å². The predicted octanol–water partition coefficient (Wildman–Crippen LogP) is 3.50. The van der Waals surface area contributed by atoms with Crippen LogP contribution in [0.25, 0.3) is 0 Å². The molecule has 0 aliphatic heterocycles. The van der Waals surface area contributed by atoms with E-state index in [-0.39, 0.29) is 6.04 Å². The minimum absolute atomic E-state index is 0.280. The maximum Gasteiger partial charge on any atom is 0.120 e. The predicted molar refractivity (Wildman–Crippen MR) is 67.3 cm³/mol. The number of hydrogen-bond acceptors (Lipinski definition) is 2. The Hall–Kier alpha value is -0.440. The number of ether oxygens (including phenoxy) is 1. The lowest BCUT2D eigenvalue weighted by molar-refractivity contribution is 0.291. The molecule has 0 saturated heterocycles.